The van der Waals surface area contributed by atoms with E-state index in [-0.39, 0.29) is 34.3 Å². The summed E-state index contributed by atoms with van der Waals surface area (Å²) in [6.45, 7) is -3.94. The first-order chi connectivity index (χ1) is 28.4. The van der Waals surface area contributed by atoms with E-state index in [1.807, 2.05) is 6.92 Å². The fraction of sp³-hybridized carbons (Fsp3) is 0.154. The molecule has 1 atom stereocenters. The Labute approximate surface area is 328 Å². The Kier molecular flexibility index (Phi) is 11.6. The van der Waals surface area contributed by atoms with E-state index in [4.69, 9.17) is 5.73 Å². The number of imidazole rings is 2. The van der Waals surface area contributed by atoms with Gasteiger partial charge in [0.2, 0.25) is 12.2 Å². The van der Waals surface area contributed by atoms with E-state index in [9.17, 15) is 35.1 Å². The number of aryl methyl sites for hydroxylation is 1. The first-order valence-electron chi connectivity index (χ1n) is 17.5. The van der Waals surface area contributed by atoms with Gasteiger partial charge in [0, 0.05) is 42.3 Å². The normalized spacial score (nSPS) is 13.8. The van der Waals surface area contributed by atoms with E-state index in [2.05, 4.69) is 39.7 Å². The molecule has 7 aromatic rings. The van der Waals surface area contributed by atoms with Gasteiger partial charge in [-0.2, -0.15) is 27.5 Å². The molecule has 12 nitrogen and oxygen atoms in total. The van der Waals surface area contributed by atoms with Gasteiger partial charge in [-0.1, -0.05) is 6.92 Å². The monoisotopic (exact) mass is 822 g/mol. The second kappa shape index (κ2) is 17.1. The van der Waals surface area contributed by atoms with E-state index in [1.165, 1.54) is 71.8 Å². The molecule has 4 heterocycles. The smallest absolute Gasteiger partial charge is 0.387 e. The molecule has 20 heteroatoms. The molecule has 3 aromatic heterocycles. The van der Waals surface area contributed by atoms with Crippen molar-refractivity contribution >= 4 is 51.3 Å². The number of alkyl halides is 6. The molecule has 0 bridgehead atoms. The summed E-state index contributed by atoms with van der Waals surface area (Å²) in [6.07, 6.45) is 1.23. The zero-order valence-corrected chi connectivity index (χ0v) is 30.4. The van der Waals surface area contributed by atoms with Crippen molar-refractivity contribution in [3.63, 3.8) is 0 Å². The summed E-state index contributed by atoms with van der Waals surface area (Å²) in [5.41, 5.74) is 8.51. The third kappa shape index (κ3) is 9.00. The molecular formula is C39H30F8N10O2. The van der Waals surface area contributed by atoms with Crippen molar-refractivity contribution in [2.24, 2.45) is 4.99 Å². The zero-order chi connectivity index (χ0) is 41.8. The lowest BCUT2D eigenvalue weighted by atomic mass is 10.2. The summed E-state index contributed by atoms with van der Waals surface area (Å²) in [5, 5.41) is 3.04. The minimum Gasteiger partial charge on any atom is -0.435 e. The number of aromatic nitrogens is 6. The van der Waals surface area contributed by atoms with Crippen LogP contribution in [0.25, 0.3) is 28.0 Å². The molecule has 0 radical (unpaired) electrons. The van der Waals surface area contributed by atoms with Crippen LogP contribution in [-0.2, 0) is 6.42 Å². The lowest BCUT2D eigenvalue weighted by molar-refractivity contribution is -0.0505. The van der Waals surface area contributed by atoms with Crippen molar-refractivity contribution < 1.29 is 44.6 Å². The number of benzene rings is 4. The highest BCUT2D eigenvalue weighted by molar-refractivity contribution is 5.79. The predicted octanol–water partition coefficient (Wildman–Crippen LogP) is 9.72. The molecule has 0 saturated carbocycles. The summed E-state index contributed by atoms with van der Waals surface area (Å²) < 4.78 is 116. The Morgan fingerprint density at radius 1 is 0.729 bits per heavy atom. The molecule has 0 fully saturated rings. The number of allylic oxidation sites excluding steroid dienone is 1. The highest BCUT2D eigenvalue weighted by Crippen LogP contribution is 2.35. The van der Waals surface area contributed by atoms with E-state index < -0.39 is 43.4 Å². The van der Waals surface area contributed by atoms with E-state index in [1.54, 1.807) is 35.0 Å². The Hall–Kier alpha value is -7.25. The molecule has 1 aliphatic heterocycles. The number of nitrogens with two attached hydrogens (primary N) is 1. The molecule has 1 aliphatic rings. The topological polar surface area (TPSA) is 134 Å². The highest BCUT2D eigenvalue weighted by atomic mass is 19.3. The molecule has 1 unspecified atom stereocenters. The van der Waals surface area contributed by atoms with Gasteiger partial charge in [-0.05, 0) is 84.9 Å². The summed E-state index contributed by atoms with van der Waals surface area (Å²) in [4.78, 5) is 23.0. The lowest BCUT2D eigenvalue weighted by Gasteiger charge is -2.31. The van der Waals surface area contributed by atoms with Gasteiger partial charge < -0.3 is 25.4 Å². The van der Waals surface area contributed by atoms with Crippen molar-refractivity contribution in [1.29, 1.82) is 0 Å². The van der Waals surface area contributed by atoms with Crippen LogP contribution in [0.3, 0.4) is 0 Å². The van der Waals surface area contributed by atoms with Gasteiger partial charge >= 0.3 is 13.2 Å². The number of fused-ring (bicyclic) bond motifs is 2. The number of hydrogen-bond acceptors (Lipinski definition) is 10. The van der Waals surface area contributed by atoms with Crippen LogP contribution in [0.4, 0.5) is 58.1 Å². The van der Waals surface area contributed by atoms with E-state index >= 15 is 0 Å². The van der Waals surface area contributed by atoms with Gasteiger partial charge in [-0.15, -0.1) is 0 Å². The minimum atomic E-state index is -2.96. The van der Waals surface area contributed by atoms with Crippen molar-refractivity contribution in [2.75, 3.05) is 16.0 Å². The third-order valence-electron chi connectivity index (χ3n) is 8.55. The molecule has 304 valence electrons. The summed E-state index contributed by atoms with van der Waals surface area (Å²) in [7, 11) is 0. The van der Waals surface area contributed by atoms with Crippen molar-refractivity contribution in [1.82, 2.24) is 29.1 Å². The van der Waals surface area contributed by atoms with Crippen LogP contribution in [0.15, 0.2) is 108 Å². The Morgan fingerprint density at radius 2 is 1.34 bits per heavy atom. The number of hydrogen-bond donors (Lipinski definition) is 2. The standard InChI is InChI=1S/C20H17F3N6O.C19H13F5N4O/c1-2-18-26-14-8-3-11(21)9-15(14)29(18)20-27-16(24)10-17(28-20)25-12-4-6-13(7-5-12)30-19(22)23;20-11-2-7-14-15(10-11)28(17(26-14)16(21)22)19-25-8-1-9-27(19)12-3-5-13(6-4-12)29-18(23)24/h3-10,19H,2H2,1H3,(H3,24,25,27,28);1-10,16,18-19H. The minimum absolute atomic E-state index is 0.0398. The van der Waals surface area contributed by atoms with Gasteiger partial charge in [0.25, 0.3) is 6.43 Å². The highest BCUT2D eigenvalue weighted by Gasteiger charge is 2.29. The Morgan fingerprint density at radius 3 is 1.95 bits per heavy atom. The van der Waals surface area contributed by atoms with E-state index in [0.717, 1.165) is 16.7 Å². The van der Waals surface area contributed by atoms with Gasteiger partial charge in [0.15, 0.2) is 5.82 Å². The number of nitrogens with zero attached hydrogens (tertiary/aromatic N) is 8. The number of ether oxygens (including phenoxy) is 2. The molecule has 0 saturated heterocycles. The Balaban J connectivity index is 0.000000179. The van der Waals surface area contributed by atoms with Crippen LogP contribution in [0, 0.1) is 11.6 Å². The molecule has 59 heavy (non-hydrogen) atoms. The molecule has 0 aliphatic carbocycles. The van der Waals surface area contributed by atoms with Crippen molar-refractivity contribution in [2.45, 2.75) is 39.3 Å². The SMILES string of the molecule is CCc1nc2ccc(F)cc2n1-c1nc(N)cc(Nc2ccc(OC(F)F)cc2)n1.Fc1ccc2nc(C(F)F)n(C3N=CC=CN3c3ccc(OC(F)F)cc3)c2c1. The average molecular weight is 823 g/mol. The number of nitrogen functional groups attached to an aromatic ring is 1. The summed E-state index contributed by atoms with van der Waals surface area (Å²) >= 11 is 0. The third-order valence-corrected chi connectivity index (χ3v) is 8.55. The molecular weight excluding hydrogens is 792 g/mol. The van der Waals surface area contributed by atoms with Crippen LogP contribution < -0.4 is 25.4 Å². The van der Waals surface area contributed by atoms with Crippen LogP contribution in [-0.4, -0.2) is 48.5 Å². The summed E-state index contributed by atoms with van der Waals surface area (Å²) in [6, 6.07) is 20.9. The van der Waals surface area contributed by atoms with Crippen LogP contribution in [0.1, 0.15) is 31.3 Å². The van der Waals surface area contributed by atoms with Gasteiger partial charge in [-0.25, -0.2) is 32.5 Å². The van der Waals surface area contributed by atoms with E-state index in [0.29, 0.717) is 40.5 Å². The van der Waals surface area contributed by atoms with Gasteiger partial charge in [0.05, 0.1) is 22.1 Å². The molecule has 4 aromatic carbocycles. The van der Waals surface area contributed by atoms with Gasteiger partial charge in [0.1, 0.15) is 40.6 Å². The van der Waals surface area contributed by atoms with Crippen LogP contribution >= 0.6 is 0 Å². The number of aliphatic imine (C=N–C) groups is 1. The Bertz CT molecular complexity index is 2630. The maximum absolute atomic E-state index is 13.8. The average Bonchev–Trinajstić information content (AvgIpc) is 3.77. The maximum atomic E-state index is 13.8. The lowest BCUT2D eigenvalue weighted by Crippen LogP contribution is -2.30. The largest absolute Gasteiger partial charge is 0.435 e. The number of halogens is 8. The second-order valence-electron chi connectivity index (χ2n) is 12.4. The fourth-order valence-corrected chi connectivity index (χ4v) is 6.14. The van der Waals surface area contributed by atoms with Crippen molar-refractivity contribution in [3.05, 3.63) is 127 Å². The van der Waals surface area contributed by atoms with Crippen LogP contribution in [0.5, 0.6) is 11.5 Å². The first-order valence-corrected chi connectivity index (χ1v) is 17.5. The number of rotatable bonds is 11. The number of nitrogens with one attached hydrogen (secondary N) is 1. The quantitative estimate of drug-likeness (QED) is 0.122. The molecule has 3 N–H and O–H groups in total. The van der Waals surface area contributed by atoms with Crippen molar-refractivity contribution in [3.8, 4) is 17.4 Å². The number of anilines is 4. The second-order valence-corrected chi connectivity index (χ2v) is 12.4. The predicted molar refractivity (Wildman–Crippen MR) is 204 cm³/mol. The first kappa shape index (κ1) is 40.0. The maximum Gasteiger partial charge on any atom is 0.387 e. The van der Waals surface area contributed by atoms with Gasteiger partial charge in [-0.3, -0.25) is 9.13 Å². The fourth-order valence-electron chi connectivity index (χ4n) is 6.14. The summed E-state index contributed by atoms with van der Waals surface area (Å²) in [5.74, 6) is -0.118. The molecule has 0 amide bonds. The molecule has 0 spiro atoms. The van der Waals surface area contributed by atoms with Crippen LogP contribution in [0.2, 0.25) is 0 Å². The zero-order valence-electron chi connectivity index (χ0n) is 30.4. The molecule has 8 rings (SSSR count).